The summed E-state index contributed by atoms with van der Waals surface area (Å²) in [7, 11) is 14.3. The Morgan fingerprint density at radius 3 is 0.870 bits per heavy atom. The lowest BCUT2D eigenvalue weighted by Gasteiger charge is -2.15. The van der Waals surface area contributed by atoms with E-state index >= 15 is 0 Å². The molecule has 54 heavy (non-hydrogen) atoms. The predicted molar refractivity (Wildman–Crippen MR) is 210 cm³/mol. The summed E-state index contributed by atoms with van der Waals surface area (Å²) in [5.41, 5.74) is 9.54. The number of H-pyrrole nitrogens is 2. The van der Waals surface area contributed by atoms with Gasteiger partial charge in [-0.3, -0.25) is 0 Å². The van der Waals surface area contributed by atoms with Gasteiger partial charge in [-0.2, -0.15) is 0 Å². The molecular formula is C42H41N3O9. The fraction of sp³-hybridized carbons (Fsp3) is 0.214. The highest BCUT2D eigenvalue weighted by atomic mass is 16.5. The van der Waals surface area contributed by atoms with Gasteiger partial charge in [0.05, 0.1) is 75.4 Å². The van der Waals surface area contributed by atoms with Crippen LogP contribution in [0.5, 0.6) is 51.7 Å². The van der Waals surface area contributed by atoms with E-state index in [2.05, 4.69) is 9.97 Å². The molecule has 3 aromatic heterocycles. The molecular weight excluding hydrogens is 690 g/mol. The Labute approximate surface area is 312 Å². The van der Waals surface area contributed by atoms with Crippen LogP contribution in [-0.2, 0) is 0 Å². The summed E-state index contributed by atoms with van der Waals surface area (Å²) >= 11 is 0. The topological polar surface area (TPSA) is 128 Å². The minimum absolute atomic E-state index is 0.485. The van der Waals surface area contributed by atoms with Crippen molar-refractivity contribution in [1.29, 1.82) is 0 Å². The normalized spacial score (nSPS) is 11.4. The van der Waals surface area contributed by atoms with Gasteiger partial charge in [-0.25, -0.2) is 4.98 Å². The molecule has 0 radical (unpaired) electrons. The molecule has 12 heteroatoms. The molecule has 0 aliphatic carbocycles. The number of nitrogens with one attached hydrogen (secondary N) is 2. The first-order valence-corrected chi connectivity index (χ1v) is 16.9. The molecule has 0 saturated heterocycles. The van der Waals surface area contributed by atoms with Crippen molar-refractivity contribution in [2.75, 3.05) is 64.0 Å². The number of ether oxygens (including phenoxy) is 9. The summed E-state index contributed by atoms with van der Waals surface area (Å²) in [6, 6.07) is 19.7. The zero-order valence-electron chi connectivity index (χ0n) is 31.5. The summed E-state index contributed by atoms with van der Waals surface area (Å²) in [5.74, 6) is 4.54. The first kappa shape index (κ1) is 35.7. The number of benzene rings is 3. The second-order valence-corrected chi connectivity index (χ2v) is 12.2. The van der Waals surface area contributed by atoms with Crippen LogP contribution in [0, 0.1) is 0 Å². The van der Waals surface area contributed by atoms with Crippen LogP contribution in [0.15, 0.2) is 60.7 Å². The Kier molecular flexibility index (Phi) is 9.75. The van der Waals surface area contributed by atoms with E-state index in [1.54, 1.807) is 64.0 Å². The summed E-state index contributed by atoms with van der Waals surface area (Å²) in [6.45, 7) is 0. The maximum Gasteiger partial charge on any atom is 0.203 e. The van der Waals surface area contributed by atoms with Crippen molar-refractivity contribution in [2.45, 2.75) is 0 Å². The van der Waals surface area contributed by atoms with Gasteiger partial charge in [0.15, 0.2) is 34.5 Å². The second-order valence-electron chi connectivity index (χ2n) is 12.2. The van der Waals surface area contributed by atoms with Gasteiger partial charge in [-0.15, -0.1) is 0 Å². The highest BCUT2D eigenvalue weighted by molar-refractivity contribution is 6.01. The molecule has 2 N–H and O–H groups in total. The number of rotatable bonds is 12. The van der Waals surface area contributed by atoms with Gasteiger partial charge < -0.3 is 52.6 Å². The molecule has 0 atom stereocenters. The molecule has 0 amide bonds. The van der Waals surface area contributed by atoms with Gasteiger partial charge >= 0.3 is 0 Å². The summed E-state index contributed by atoms with van der Waals surface area (Å²) in [4.78, 5) is 12.7. The van der Waals surface area contributed by atoms with Gasteiger partial charge in [0.2, 0.25) is 17.2 Å². The number of aromatic nitrogens is 3. The average Bonchev–Trinajstić information content (AvgIpc) is 4.00. The van der Waals surface area contributed by atoms with Crippen molar-refractivity contribution in [3.63, 3.8) is 0 Å². The fourth-order valence-corrected chi connectivity index (χ4v) is 7.03. The van der Waals surface area contributed by atoms with Crippen LogP contribution in [0.2, 0.25) is 0 Å². The third-order valence-corrected chi connectivity index (χ3v) is 9.46. The smallest absolute Gasteiger partial charge is 0.203 e. The Morgan fingerprint density at radius 2 is 0.611 bits per heavy atom. The maximum atomic E-state index is 5.79. The van der Waals surface area contributed by atoms with Crippen LogP contribution in [0.25, 0.3) is 67.6 Å². The van der Waals surface area contributed by atoms with E-state index in [4.69, 9.17) is 47.6 Å². The van der Waals surface area contributed by atoms with Crippen LogP contribution in [0.3, 0.4) is 0 Å². The lowest BCUT2D eigenvalue weighted by Crippen LogP contribution is -1.97. The maximum absolute atomic E-state index is 5.79. The minimum Gasteiger partial charge on any atom is -0.493 e. The van der Waals surface area contributed by atoms with E-state index in [1.807, 2.05) is 72.8 Å². The van der Waals surface area contributed by atoms with Crippen molar-refractivity contribution < 1.29 is 42.6 Å². The molecule has 0 saturated carbocycles. The third-order valence-electron chi connectivity index (χ3n) is 9.46. The Morgan fingerprint density at radius 1 is 0.352 bits per heavy atom. The number of aromatic amines is 2. The predicted octanol–water partition coefficient (Wildman–Crippen LogP) is 8.73. The zero-order chi connectivity index (χ0) is 38.1. The molecule has 0 fully saturated rings. The van der Waals surface area contributed by atoms with Crippen molar-refractivity contribution >= 4 is 34.2 Å². The van der Waals surface area contributed by atoms with E-state index in [-0.39, 0.29) is 0 Å². The molecule has 6 aromatic rings. The fourth-order valence-electron chi connectivity index (χ4n) is 7.03. The number of methoxy groups -OCH3 is 9. The lowest BCUT2D eigenvalue weighted by molar-refractivity contribution is 0.324. The van der Waals surface area contributed by atoms with Crippen molar-refractivity contribution in [1.82, 2.24) is 15.0 Å². The molecule has 3 aromatic carbocycles. The van der Waals surface area contributed by atoms with Gasteiger partial charge in [-0.05, 0) is 89.5 Å². The molecule has 0 unspecified atom stereocenters. The van der Waals surface area contributed by atoms with E-state index in [0.717, 1.165) is 55.4 Å². The Balaban J connectivity index is 1.67. The van der Waals surface area contributed by atoms with E-state index in [0.29, 0.717) is 63.1 Å². The van der Waals surface area contributed by atoms with Crippen LogP contribution in [-0.4, -0.2) is 78.9 Å². The standard InChI is InChI=1S/C42H41N3O9/c1-46-31-16-22(17-32(47-2)40(31)52-7)37-25-10-12-27(43-25)38(23-18-33(48-3)41(53-8)34(19-23)49-4)29-14-15-30(45-29)39(28-13-11-26(37)44-28)24-20-35(50-5)42(54-9)36(21-24)51-6/h10-21,43-44H,1-9H3. The van der Waals surface area contributed by atoms with Crippen LogP contribution >= 0.6 is 0 Å². The molecule has 1 aliphatic rings. The minimum atomic E-state index is 0.485. The zero-order valence-corrected chi connectivity index (χ0v) is 31.5. The highest BCUT2D eigenvalue weighted by Crippen LogP contribution is 2.47. The molecule has 278 valence electrons. The number of nitrogens with zero attached hydrogens (tertiary/aromatic N) is 1. The number of hydrogen-bond acceptors (Lipinski definition) is 10. The summed E-state index contributed by atoms with van der Waals surface area (Å²) < 4.78 is 51.7. The van der Waals surface area contributed by atoms with Crippen LogP contribution in [0.1, 0.15) is 11.4 Å². The third kappa shape index (κ3) is 5.95. The van der Waals surface area contributed by atoms with E-state index < -0.39 is 0 Å². The molecule has 4 heterocycles. The lowest BCUT2D eigenvalue weighted by atomic mass is 10.0. The largest absolute Gasteiger partial charge is 0.493 e. The summed E-state index contributed by atoms with van der Waals surface area (Å²) in [6.07, 6.45) is 4.00. The van der Waals surface area contributed by atoms with Crippen molar-refractivity contribution in [2.24, 2.45) is 0 Å². The van der Waals surface area contributed by atoms with Crippen LogP contribution < -0.4 is 42.6 Å². The SMILES string of the molecule is COc1cc(-c2c3nc(c(-c4cc(OC)c(OC)c(OC)c4)c4ccc([nH]4)c(-c4cc(OC)c(OC)c(OC)c4)c4ccc2[nH]4)C=C3)cc(OC)c1OC. The first-order valence-electron chi connectivity index (χ1n) is 16.9. The van der Waals surface area contributed by atoms with Crippen LogP contribution in [0.4, 0.5) is 0 Å². The molecule has 6 bridgehead atoms. The molecule has 7 rings (SSSR count). The quantitative estimate of drug-likeness (QED) is 0.126. The van der Waals surface area contributed by atoms with Gasteiger partial charge in [0.1, 0.15) is 0 Å². The molecule has 12 nitrogen and oxygen atoms in total. The van der Waals surface area contributed by atoms with E-state index in [1.165, 1.54) is 0 Å². The Bertz CT molecular complexity index is 2290. The van der Waals surface area contributed by atoms with Crippen molar-refractivity contribution in [3.8, 4) is 85.1 Å². The molecule has 0 spiro atoms. The average molecular weight is 732 g/mol. The van der Waals surface area contributed by atoms with Gasteiger partial charge in [0, 0.05) is 38.8 Å². The highest BCUT2D eigenvalue weighted by Gasteiger charge is 2.23. The monoisotopic (exact) mass is 731 g/mol. The number of hydrogen-bond donors (Lipinski definition) is 2. The van der Waals surface area contributed by atoms with Gasteiger partial charge in [-0.1, -0.05) is 0 Å². The first-order chi connectivity index (χ1) is 26.3. The van der Waals surface area contributed by atoms with Gasteiger partial charge in [0.25, 0.3) is 0 Å². The summed E-state index contributed by atoms with van der Waals surface area (Å²) in [5, 5.41) is 0. The molecule has 1 aliphatic heterocycles. The second kappa shape index (κ2) is 14.7. The Hall–Kier alpha value is -6.69. The van der Waals surface area contributed by atoms with E-state index in [9.17, 15) is 0 Å². The van der Waals surface area contributed by atoms with Crippen molar-refractivity contribution in [3.05, 3.63) is 72.1 Å². The number of fused-ring (bicyclic) bond motifs is 6.